The van der Waals surface area contributed by atoms with Crippen LogP contribution in [0.15, 0.2) is 61.2 Å². The molecule has 1 aliphatic rings. The van der Waals surface area contributed by atoms with Gasteiger partial charge in [-0.25, -0.2) is 9.67 Å². The lowest BCUT2D eigenvalue weighted by molar-refractivity contribution is 0.0628. The summed E-state index contributed by atoms with van der Waals surface area (Å²) in [6, 6.07) is 15.4. The Hall–Kier alpha value is -2.70. The molecule has 27 heavy (non-hydrogen) atoms. The van der Waals surface area contributed by atoms with Gasteiger partial charge in [0.25, 0.3) is 5.91 Å². The van der Waals surface area contributed by atoms with Gasteiger partial charge in [0.1, 0.15) is 12.7 Å². The number of amides is 1. The zero-order chi connectivity index (χ0) is 18.6. The molecule has 0 spiro atoms. The first-order valence-electron chi connectivity index (χ1n) is 8.90. The Bertz CT molecular complexity index is 902. The van der Waals surface area contributed by atoms with E-state index in [2.05, 4.69) is 21.0 Å². The van der Waals surface area contributed by atoms with E-state index in [1.54, 1.807) is 11.0 Å². The highest BCUT2D eigenvalue weighted by atomic mass is 35.5. The van der Waals surface area contributed by atoms with Crippen LogP contribution in [-0.4, -0.2) is 56.7 Å². The molecule has 3 aromatic rings. The Balaban J connectivity index is 1.34. The summed E-state index contributed by atoms with van der Waals surface area (Å²) in [5.74, 6) is 0.0718. The third kappa shape index (κ3) is 4.18. The van der Waals surface area contributed by atoms with Crippen LogP contribution in [0.25, 0.3) is 5.69 Å². The number of halogens is 1. The SMILES string of the molecule is O=C(c1ccc(-n2cncn2)cc1)N1CCN(Cc2cccc(Cl)c2)CC1. The van der Waals surface area contributed by atoms with Gasteiger partial charge in [-0.1, -0.05) is 23.7 Å². The standard InChI is InChI=1S/C20H20ClN5O/c21-18-3-1-2-16(12-18)13-24-8-10-25(11-9-24)20(27)17-4-6-19(7-5-17)26-15-22-14-23-26/h1-7,12,14-15H,8-11,13H2. The second-order valence-electron chi connectivity index (χ2n) is 6.59. The zero-order valence-corrected chi connectivity index (χ0v) is 15.6. The summed E-state index contributed by atoms with van der Waals surface area (Å²) in [5.41, 5.74) is 2.78. The van der Waals surface area contributed by atoms with Gasteiger partial charge in [-0.15, -0.1) is 0 Å². The molecule has 0 N–H and O–H groups in total. The molecule has 6 nitrogen and oxygen atoms in total. The fourth-order valence-electron chi connectivity index (χ4n) is 3.28. The quantitative estimate of drug-likeness (QED) is 0.697. The third-order valence-electron chi connectivity index (χ3n) is 4.75. The van der Waals surface area contributed by atoms with Gasteiger partial charge in [-0.3, -0.25) is 9.69 Å². The van der Waals surface area contributed by atoms with Crippen LogP contribution in [0.2, 0.25) is 5.02 Å². The minimum Gasteiger partial charge on any atom is -0.336 e. The summed E-state index contributed by atoms with van der Waals surface area (Å²) in [6.07, 6.45) is 3.12. The molecule has 0 bridgehead atoms. The minimum atomic E-state index is 0.0718. The molecule has 0 atom stereocenters. The lowest BCUT2D eigenvalue weighted by atomic mass is 10.1. The number of hydrogen-bond acceptors (Lipinski definition) is 4. The predicted molar refractivity (Wildman–Crippen MR) is 104 cm³/mol. The predicted octanol–water partition coefficient (Wildman–Crippen LogP) is 2.88. The second-order valence-corrected chi connectivity index (χ2v) is 7.02. The Kier molecular flexibility index (Phi) is 5.18. The summed E-state index contributed by atoms with van der Waals surface area (Å²) in [5, 5.41) is 4.86. The van der Waals surface area contributed by atoms with E-state index in [9.17, 15) is 4.79 Å². The number of hydrogen-bond donors (Lipinski definition) is 0. The van der Waals surface area contributed by atoms with Gasteiger partial charge in [0.15, 0.2) is 0 Å². The van der Waals surface area contributed by atoms with E-state index in [0.29, 0.717) is 5.56 Å². The Morgan fingerprint density at radius 1 is 1.04 bits per heavy atom. The first kappa shape index (κ1) is 17.7. The van der Waals surface area contributed by atoms with Crippen LogP contribution in [0.1, 0.15) is 15.9 Å². The molecular formula is C20H20ClN5O. The number of piperazine rings is 1. The molecule has 1 amide bonds. The highest BCUT2D eigenvalue weighted by molar-refractivity contribution is 6.30. The third-order valence-corrected chi connectivity index (χ3v) is 4.99. The molecule has 0 unspecified atom stereocenters. The van der Waals surface area contributed by atoms with Gasteiger partial charge in [0.2, 0.25) is 0 Å². The van der Waals surface area contributed by atoms with Crippen molar-refractivity contribution in [1.82, 2.24) is 24.6 Å². The Morgan fingerprint density at radius 3 is 2.48 bits per heavy atom. The van der Waals surface area contributed by atoms with Crippen LogP contribution in [0, 0.1) is 0 Å². The lowest BCUT2D eigenvalue weighted by Crippen LogP contribution is -2.48. The van der Waals surface area contributed by atoms with Gasteiger partial charge >= 0.3 is 0 Å². The fourth-order valence-corrected chi connectivity index (χ4v) is 3.50. The van der Waals surface area contributed by atoms with Crippen LogP contribution in [0.4, 0.5) is 0 Å². The van der Waals surface area contributed by atoms with E-state index in [1.807, 2.05) is 47.4 Å². The van der Waals surface area contributed by atoms with E-state index in [0.717, 1.165) is 43.4 Å². The molecule has 1 fully saturated rings. The van der Waals surface area contributed by atoms with E-state index in [1.165, 1.54) is 11.9 Å². The van der Waals surface area contributed by atoms with Gasteiger partial charge in [-0.05, 0) is 42.0 Å². The molecule has 7 heteroatoms. The normalized spacial score (nSPS) is 15.1. The van der Waals surface area contributed by atoms with Crippen molar-refractivity contribution in [2.24, 2.45) is 0 Å². The van der Waals surface area contributed by atoms with Gasteiger partial charge < -0.3 is 4.90 Å². The lowest BCUT2D eigenvalue weighted by Gasteiger charge is -2.34. The van der Waals surface area contributed by atoms with E-state index >= 15 is 0 Å². The number of rotatable bonds is 4. The molecule has 2 aromatic carbocycles. The van der Waals surface area contributed by atoms with Crippen LogP contribution in [0.3, 0.4) is 0 Å². The van der Waals surface area contributed by atoms with Crippen molar-refractivity contribution in [1.29, 1.82) is 0 Å². The molecule has 0 radical (unpaired) electrons. The monoisotopic (exact) mass is 381 g/mol. The van der Waals surface area contributed by atoms with E-state index in [4.69, 9.17) is 11.6 Å². The van der Waals surface area contributed by atoms with Crippen LogP contribution in [0.5, 0.6) is 0 Å². The van der Waals surface area contributed by atoms with Gasteiger partial charge in [0, 0.05) is 43.3 Å². The maximum absolute atomic E-state index is 12.8. The first-order valence-corrected chi connectivity index (χ1v) is 9.28. The summed E-state index contributed by atoms with van der Waals surface area (Å²) in [6.45, 7) is 4.02. The van der Waals surface area contributed by atoms with E-state index in [-0.39, 0.29) is 5.91 Å². The van der Waals surface area contributed by atoms with Crippen molar-refractivity contribution in [3.8, 4) is 5.69 Å². The number of nitrogens with zero attached hydrogens (tertiary/aromatic N) is 5. The average Bonchev–Trinajstić information content (AvgIpc) is 3.23. The molecule has 0 saturated carbocycles. The first-order chi connectivity index (χ1) is 13.2. The van der Waals surface area contributed by atoms with Crippen LogP contribution >= 0.6 is 11.6 Å². The topological polar surface area (TPSA) is 54.3 Å². The van der Waals surface area contributed by atoms with Crippen molar-refractivity contribution in [3.05, 3.63) is 77.3 Å². The maximum atomic E-state index is 12.8. The van der Waals surface area contributed by atoms with Gasteiger partial charge in [0.05, 0.1) is 5.69 Å². The molecule has 1 aromatic heterocycles. The van der Waals surface area contributed by atoms with Crippen molar-refractivity contribution < 1.29 is 4.79 Å². The number of benzene rings is 2. The smallest absolute Gasteiger partial charge is 0.253 e. The Labute approximate surface area is 163 Å². The van der Waals surface area contributed by atoms with E-state index < -0.39 is 0 Å². The molecule has 1 aliphatic heterocycles. The molecule has 4 rings (SSSR count). The van der Waals surface area contributed by atoms with Crippen molar-refractivity contribution in [3.63, 3.8) is 0 Å². The highest BCUT2D eigenvalue weighted by Gasteiger charge is 2.22. The van der Waals surface area contributed by atoms with Crippen LogP contribution < -0.4 is 0 Å². The summed E-state index contributed by atoms with van der Waals surface area (Å²) < 4.78 is 1.67. The molecular weight excluding hydrogens is 362 g/mol. The summed E-state index contributed by atoms with van der Waals surface area (Å²) in [4.78, 5) is 21.0. The summed E-state index contributed by atoms with van der Waals surface area (Å²) >= 11 is 6.06. The van der Waals surface area contributed by atoms with Crippen molar-refractivity contribution in [2.45, 2.75) is 6.54 Å². The average molecular weight is 382 g/mol. The van der Waals surface area contributed by atoms with Crippen molar-refractivity contribution >= 4 is 17.5 Å². The van der Waals surface area contributed by atoms with Crippen LogP contribution in [-0.2, 0) is 6.54 Å². The maximum Gasteiger partial charge on any atom is 0.253 e. The fraction of sp³-hybridized carbons (Fsp3) is 0.250. The number of carbonyl (C=O) groups excluding carboxylic acids is 1. The second kappa shape index (κ2) is 7.90. The molecule has 138 valence electrons. The molecule has 1 saturated heterocycles. The summed E-state index contributed by atoms with van der Waals surface area (Å²) in [7, 11) is 0. The minimum absolute atomic E-state index is 0.0718. The number of carbonyl (C=O) groups is 1. The zero-order valence-electron chi connectivity index (χ0n) is 14.8. The molecule has 2 heterocycles. The Morgan fingerprint density at radius 2 is 1.81 bits per heavy atom. The van der Waals surface area contributed by atoms with Gasteiger partial charge in [-0.2, -0.15) is 5.10 Å². The molecule has 0 aliphatic carbocycles. The largest absolute Gasteiger partial charge is 0.336 e. The van der Waals surface area contributed by atoms with Crippen molar-refractivity contribution in [2.75, 3.05) is 26.2 Å². The number of aromatic nitrogens is 3. The highest BCUT2D eigenvalue weighted by Crippen LogP contribution is 2.16.